The molecule has 24 nitrogen and oxygen atoms in total. The first-order valence-electron chi connectivity index (χ1n) is 45.9. The van der Waals surface area contributed by atoms with E-state index in [1.54, 1.807) is 51.1 Å². The van der Waals surface area contributed by atoms with Gasteiger partial charge in [0.15, 0.2) is 0 Å². The van der Waals surface area contributed by atoms with Gasteiger partial charge in [0.2, 0.25) is 17.7 Å². The molecule has 0 saturated carbocycles. The fourth-order valence-electron chi connectivity index (χ4n) is 15.8. The number of hydrogen-bond acceptors (Lipinski definition) is 19. The molecule has 12 rings (SSSR count). The summed E-state index contributed by atoms with van der Waals surface area (Å²) in [7, 11) is 0. The minimum absolute atomic E-state index is 0. The molecule has 0 aliphatic carbocycles. The molecule has 780 valence electrons. The Morgan fingerprint density at radius 1 is 0.396 bits per heavy atom. The van der Waals surface area contributed by atoms with Gasteiger partial charge >= 0.3 is 12.1 Å². The number of halogens is 15. The summed E-state index contributed by atoms with van der Waals surface area (Å²) >= 11 is 0. The molecule has 39 heteroatoms. The molecular formula is C105H123Cl6F9N12O12. The van der Waals surface area contributed by atoms with Crippen molar-refractivity contribution < 1.29 is 96.5 Å². The molecule has 0 unspecified atom stereocenters. The van der Waals surface area contributed by atoms with Crippen molar-refractivity contribution in [3.63, 3.8) is 0 Å². The highest BCUT2D eigenvalue weighted by atomic mass is 35.5. The van der Waals surface area contributed by atoms with E-state index >= 15 is 0 Å². The van der Waals surface area contributed by atoms with E-state index in [1.807, 2.05) is 104 Å². The molecule has 0 radical (unpaired) electrons. The summed E-state index contributed by atoms with van der Waals surface area (Å²) in [6, 6.07) is 40.6. The lowest BCUT2D eigenvalue weighted by Crippen LogP contribution is -2.48. The topological polar surface area (TPSA) is 331 Å². The maximum atomic E-state index is 14.3. The lowest BCUT2D eigenvalue weighted by molar-refractivity contribution is -0.137. The highest BCUT2D eigenvalue weighted by Crippen LogP contribution is 2.32. The second kappa shape index (κ2) is 61.6. The normalized spacial score (nSPS) is 12.1. The molecule has 0 fully saturated rings. The van der Waals surface area contributed by atoms with Crippen molar-refractivity contribution in [2.75, 3.05) is 58.9 Å². The number of amides is 5. The van der Waals surface area contributed by atoms with E-state index in [9.17, 15) is 78.5 Å². The van der Waals surface area contributed by atoms with Gasteiger partial charge in [0.05, 0.1) is 48.0 Å². The van der Waals surface area contributed by atoms with Gasteiger partial charge in [-0.2, -0.15) is 13.2 Å². The number of hydrogen-bond donors (Lipinski definition) is 7. The molecule has 3 aromatic heterocycles. The van der Waals surface area contributed by atoms with E-state index in [2.05, 4.69) is 30.9 Å². The second-order valence-corrected chi connectivity index (χ2v) is 33.8. The quantitative estimate of drug-likeness (QED) is 0.0138. The number of esters is 1. The van der Waals surface area contributed by atoms with Gasteiger partial charge in [0.1, 0.15) is 59.8 Å². The first kappa shape index (κ1) is 125. The van der Waals surface area contributed by atoms with Gasteiger partial charge in [0.25, 0.3) is 29.5 Å². The summed E-state index contributed by atoms with van der Waals surface area (Å²) in [6.07, 6.45) is 4.99. The van der Waals surface area contributed by atoms with Gasteiger partial charge in [-0.25, -0.2) is 46.1 Å². The largest absolute Gasteiger partial charge is 0.456 e. The van der Waals surface area contributed by atoms with Crippen molar-refractivity contribution in [2.45, 2.75) is 175 Å². The molecule has 0 aliphatic rings. The summed E-state index contributed by atoms with van der Waals surface area (Å²) in [6.45, 7) is 19.5. The van der Waals surface area contributed by atoms with Crippen LogP contribution in [0.1, 0.15) is 192 Å². The van der Waals surface area contributed by atoms with E-state index < -0.39 is 101 Å². The van der Waals surface area contributed by atoms with E-state index in [1.165, 1.54) is 96.9 Å². The SMILES string of the molecule is CCCN(CCC)C(=O)c1cc(C(=O)N(Cc2cccc(C)c2)C[C@@H](O)[C@@H](N)Cc2cc(F)cc(F)c2)cc(-c2ncco2)c1.CCCN(CCC)C(=O)c1cc(C(=O)N[C@@H](Cc2cc(F)cc(F)c2)[C@H](O)CNCc2cccc(C(F)(F)F)c2)cc(-c2ncco2)c1.CCCN(CCC)C(=O)c1cc(C(=O)O[C@H](CNCc2cccc(C)c2)[C@@H](N)Cc2cc(F)cc(F)c2)cc(-c2ncco2)c1.Cl.Cl.Cl.Cl.Cl.Cl. The molecule has 144 heavy (non-hydrogen) atoms. The molecule has 0 aliphatic heterocycles. The molecule has 12 aromatic rings. The number of ether oxygens (including phenoxy) is 1. The minimum Gasteiger partial charge on any atom is -0.456 e. The lowest BCUT2D eigenvalue weighted by atomic mass is 9.99. The van der Waals surface area contributed by atoms with Crippen LogP contribution in [0.25, 0.3) is 34.4 Å². The summed E-state index contributed by atoms with van der Waals surface area (Å²) in [4.78, 5) is 102. The van der Waals surface area contributed by atoms with Crippen LogP contribution in [0.4, 0.5) is 39.5 Å². The third-order valence-corrected chi connectivity index (χ3v) is 22.2. The van der Waals surface area contributed by atoms with E-state index in [0.29, 0.717) is 96.4 Å². The number of aliphatic hydroxyl groups is 2. The van der Waals surface area contributed by atoms with Gasteiger partial charge in [-0.05, 0) is 202 Å². The Balaban J connectivity index is 0.000000441. The number of aryl methyl sites for hydroxylation is 2. The molecule has 6 atom stereocenters. The summed E-state index contributed by atoms with van der Waals surface area (Å²) in [5, 5.41) is 31.2. The Kier molecular flexibility index (Phi) is 53.3. The van der Waals surface area contributed by atoms with Crippen molar-refractivity contribution in [2.24, 2.45) is 11.5 Å². The van der Waals surface area contributed by atoms with Crippen LogP contribution in [0.5, 0.6) is 0 Å². The van der Waals surface area contributed by atoms with Gasteiger partial charge in [-0.15, -0.1) is 74.4 Å². The van der Waals surface area contributed by atoms with Gasteiger partial charge in [0, 0.05) is 153 Å². The van der Waals surface area contributed by atoms with Gasteiger partial charge in [-0.3, -0.25) is 24.0 Å². The number of benzene rings is 9. The predicted octanol–water partition coefficient (Wildman–Crippen LogP) is 20.8. The fourth-order valence-corrected chi connectivity index (χ4v) is 15.8. The number of oxazole rings is 3. The molecule has 0 saturated heterocycles. The van der Waals surface area contributed by atoms with Crippen LogP contribution in [-0.2, 0) is 49.8 Å². The number of nitrogens with one attached hydrogen (secondary N) is 3. The van der Waals surface area contributed by atoms with Crippen molar-refractivity contribution in [3.8, 4) is 34.4 Å². The van der Waals surface area contributed by atoms with Crippen LogP contribution in [0.15, 0.2) is 233 Å². The Bertz CT molecular complexity index is 5950. The smallest absolute Gasteiger partial charge is 0.416 e. The molecule has 0 bridgehead atoms. The van der Waals surface area contributed by atoms with Crippen molar-refractivity contribution in [1.29, 1.82) is 0 Å². The zero-order valence-electron chi connectivity index (χ0n) is 80.7. The van der Waals surface area contributed by atoms with Crippen LogP contribution in [0, 0.1) is 48.8 Å². The third kappa shape index (κ3) is 38.0. The van der Waals surface area contributed by atoms with Gasteiger partial charge in [-0.1, -0.05) is 119 Å². The molecule has 3 heterocycles. The van der Waals surface area contributed by atoms with Crippen LogP contribution in [-0.4, -0.2) is 176 Å². The number of carbonyl (C=O) groups is 6. The van der Waals surface area contributed by atoms with E-state index in [-0.39, 0.29) is 190 Å². The molecule has 9 aromatic carbocycles. The van der Waals surface area contributed by atoms with Gasteiger partial charge < -0.3 is 75.2 Å². The van der Waals surface area contributed by atoms with E-state index in [0.717, 1.165) is 97.2 Å². The lowest BCUT2D eigenvalue weighted by Gasteiger charge is -2.29. The molecule has 0 spiro atoms. The number of carbonyl (C=O) groups excluding carboxylic acids is 6. The monoisotopic (exact) mass is 2120 g/mol. The standard InChI is InChI=1S/C35H37F5N4O4.2C35H40F2N4O4.6ClH/c1-3-9-44(10-4-2)34(47)26-17-24(16-25(18-26)33-42-8-11-48-33)32(46)43-30(15-23-13-28(36)19-29(37)14-23)31(45)21-41-20-22-6-5-7-27(12-22)35(38,39)40;1-4-10-41(11-5-2)34(42)27-17-26(33-40-9-12-44-33)18-28(19-27)35(43)45-32(22-39-21-24-8-6-7-23(3)13-24)31(38)16-25-14-29(36)20-30(37)15-25;1-4-10-40(11-5-2)34(43)27-17-26(33-39-9-12-45-33)18-28(19-27)35(44)41(21-24-8-6-7-23(3)13-24)22-32(42)31(38)16-25-14-29(36)20-30(37)15-25;;;;;;/h5-8,11-14,16-19,30-31,41,45H,3-4,9-10,15,20-21H2,1-2H3,(H,43,46);6-9,12-15,17-20,31-32,39H,4-5,10-11,16,21-22,38H2,1-3H3;6-9,12-15,17-20,31-32,42H,4-5,10-11,16,21-22,38H2,1-3H3;6*1H/t30-,31+;2*31-,32+;;;;;;/m000....../s1. The third-order valence-electron chi connectivity index (χ3n) is 22.2. The number of nitrogens with two attached hydrogens (primary N) is 2. The summed E-state index contributed by atoms with van der Waals surface area (Å²) < 4.78 is 145. The van der Waals surface area contributed by atoms with Crippen LogP contribution >= 0.6 is 74.4 Å². The maximum absolute atomic E-state index is 14.3. The Labute approximate surface area is 869 Å². The molecule has 5 amide bonds. The van der Waals surface area contributed by atoms with Crippen molar-refractivity contribution in [1.82, 2.24) is 50.5 Å². The maximum Gasteiger partial charge on any atom is 0.416 e. The number of aliphatic hydroxyl groups excluding tert-OH is 2. The zero-order chi connectivity index (χ0) is 99.7. The summed E-state index contributed by atoms with van der Waals surface area (Å²) in [5.41, 5.74) is 19.5. The Morgan fingerprint density at radius 3 is 1.12 bits per heavy atom. The number of nitrogens with zero attached hydrogens (tertiary/aromatic N) is 7. The van der Waals surface area contributed by atoms with Crippen molar-refractivity contribution in [3.05, 3.63) is 338 Å². The number of aromatic nitrogens is 3. The van der Waals surface area contributed by atoms with Crippen LogP contribution in [0.2, 0.25) is 0 Å². The average Bonchev–Trinajstić information content (AvgIpc) is 1.34. The molecular weight excluding hydrogens is 2000 g/mol. The first-order chi connectivity index (χ1) is 66.1. The van der Waals surface area contributed by atoms with Crippen LogP contribution in [0.3, 0.4) is 0 Å². The molecule has 9 N–H and O–H groups in total. The number of rotatable bonds is 44. The number of alkyl halides is 3. The average molecular weight is 2130 g/mol. The highest BCUT2D eigenvalue weighted by molar-refractivity contribution is 6.03. The fraction of sp³-hybridized carbons (Fsp3) is 0.343. The minimum atomic E-state index is -4.52. The van der Waals surface area contributed by atoms with Crippen LogP contribution < -0.4 is 27.4 Å². The summed E-state index contributed by atoms with van der Waals surface area (Å²) in [5.74, 6) is -6.53. The van der Waals surface area contributed by atoms with E-state index in [4.69, 9.17) is 29.5 Å². The van der Waals surface area contributed by atoms with Crippen molar-refractivity contribution >= 4 is 110 Å². The zero-order valence-corrected chi connectivity index (χ0v) is 85.6. The highest BCUT2D eigenvalue weighted by Gasteiger charge is 2.34. The predicted molar refractivity (Wildman–Crippen MR) is 549 cm³/mol. The second-order valence-electron chi connectivity index (χ2n) is 33.8. The Hall–Kier alpha value is -11.7. The first-order valence-corrected chi connectivity index (χ1v) is 45.9. The Morgan fingerprint density at radius 2 is 0.736 bits per heavy atom.